The van der Waals surface area contributed by atoms with Crippen LogP contribution >= 0.6 is 11.8 Å². The second-order valence-electron chi connectivity index (χ2n) is 2.12. The van der Waals surface area contributed by atoms with Crippen LogP contribution in [0.4, 0.5) is 0 Å². The molecule has 0 aliphatic rings. The Hall–Kier alpha value is -0.870. The van der Waals surface area contributed by atoms with Gasteiger partial charge in [-0.05, 0) is 12.1 Å². The van der Waals surface area contributed by atoms with E-state index >= 15 is 0 Å². The van der Waals surface area contributed by atoms with E-state index in [9.17, 15) is 0 Å². The van der Waals surface area contributed by atoms with E-state index < -0.39 is 0 Å². The molecule has 0 radical (unpaired) electrons. The van der Waals surface area contributed by atoms with Gasteiger partial charge in [0.05, 0.1) is 0 Å². The Bertz CT molecular complexity index is 233. The number of rotatable bonds is 3. The monoisotopic (exact) mass is 162 g/mol. The molecular formula is C10H10S. The van der Waals surface area contributed by atoms with Gasteiger partial charge in [-0.1, -0.05) is 18.2 Å². The SMILES string of the molecule is C#CCCSc1ccccc1. The molecule has 0 nitrogen and oxygen atoms in total. The van der Waals surface area contributed by atoms with Crippen LogP contribution in [0.5, 0.6) is 0 Å². The third-order valence-corrected chi connectivity index (χ3v) is 2.27. The summed E-state index contributed by atoms with van der Waals surface area (Å²) in [7, 11) is 0. The summed E-state index contributed by atoms with van der Waals surface area (Å²) in [4.78, 5) is 1.29. The Morgan fingerprint density at radius 1 is 1.27 bits per heavy atom. The molecule has 0 spiro atoms. The predicted octanol–water partition coefficient (Wildman–Crippen LogP) is 2.80. The van der Waals surface area contributed by atoms with Gasteiger partial charge in [-0.3, -0.25) is 0 Å². The van der Waals surface area contributed by atoms with Gasteiger partial charge in [0.1, 0.15) is 0 Å². The maximum Gasteiger partial charge on any atom is 0.0180 e. The van der Waals surface area contributed by atoms with Gasteiger partial charge in [-0.25, -0.2) is 0 Å². The fraction of sp³-hybridized carbons (Fsp3) is 0.200. The van der Waals surface area contributed by atoms with Gasteiger partial charge in [-0.2, -0.15) is 0 Å². The van der Waals surface area contributed by atoms with Crippen LogP contribution in [0.15, 0.2) is 35.2 Å². The van der Waals surface area contributed by atoms with Crippen LogP contribution in [0, 0.1) is 12.3 Å². The van der Waals surface area contributed by atoms with Gasteiger partial charge in [0, 0.05) is 17.1 Å². The average molecular weight is 162 g/mol. The fourth-order valence-electron chi connectivity index (χ4n) is 0.745. The molecule has 0 aliphatic heterocycles. The first-order valence-corrected chi connectivity index (χ1v) is 4.53. The van der Waals surface area contributed by atoms with Crippen LogP contribution in [-0.2, 0) is 0 Å². The number of benzene rings is 1. The number of terminal acetylenes is 1. The third kappa shape index (κ3) is 3.15. The van der Waals surface area contributed by atoms with E-state index in [1.807, 2.05) is 18.2 Å². The summed E-state index contributed by atoms with van der Waals surface area (Å²) in [5.74, 6) is 3.63. The lowest BCUT2D eigenvalue weighted by Crippen LogP contribution is -1.75. The summed E-state index contributed by atoms with van der Waals surface area (Å²) in [6, 6.07) is 10.3. The molecule has 0 amide bonds. The molecule has 1 aromatic carbocycles. The van der Waals surface area contributed by atoms with Crippen molar-refractivity contribution in [3.05, 3.63) is 30.3 Å². The first-order valence-electron chi connectivity index (χ1n) is 3.55. The molecule has 0 saturated carbocycles. The zero-order valence-electron chi connectivity index (χ0n) is 6.29. The van der Waals surface area contributed by atoms with Crippen molar-refractivity contribution in [1.82, 2.24) is 0 Å². The minimum atomic E-state index is 0.847. The van der Waals surface area contributed by atoms with E-state index in [0.29, 0.717) is 0 Å². The number of hydrogen-bond donors (Lipinski definition) is 0. The summed E-state index contributed by atoms with van der Waals surface area (Å²) >= 11 is 1.80. The molecule has 0 heterocycles. The molecular weight excluding hydrogens is 152 g/mol. The molecule has 0 aromatic heterocycles. The van der Waals surface area contributed by atoms with Crippen LogP contribution in [0.25, 0.3) is 0 Å². The molecule has 0 atom stereocenters. The smallest absolute Gasteiger partial charge is 0.0180 e. The zero-order valence-corrected chi connectivity index (χ0v) is 7.10. The van der Waals surface area contributed by atoms with E-state index in [-0.39, 0.29) is 0 Å². The van der Waals surface area contributed by atoms with Crippen molar-refractivity contribution in [2.75, 3.05) is 5.75 Å². The van der Waals surface area contributed by atoms with Crippen molar-refractivity contribution < 1.29 is 0 Å². The zero-order chi connectivity index (χ0) is 7.94. The van der Waals surface area contributed by atoms with E-state index in [0.717, 1.165) is 12.2 Å². The molecule has 0 saturated heterocycles. The lowest BCUT2D eigenvalue weighted by atomic mass is 10.4. The largest absolute Gasteiger partial charge is 0.125 e. The summed E-state index contributed by atoms with van der Waals surface area (Å²) in [5.41, 5.74) is 0. The Labute approximate surface area is 72.0 Å². The minimum Gasteiger partial charge on any atom is -0.125 e. The molecule has 1 aromatic rings. The molecule has 0 fully saturated rings. The number of thioether (sulfide) groups is 1. The Kier molecular flexibility index (Phi) is 3.64. The summed E-state index contributed by atoms with van der Waals surface area (Å²) in [5, 5.41) is 0. The quantitative estimate of drug-likeness (QED) is 0.374. The lowest BCUT2D eigenvalue weighted by Gasteiger charge is -1.96. The molecule has 0 N–H and O–H groups in total. The van der Waals surface area contributed by atoms with Crippen molar-refractivity contribution in [2.45, 2.75) is 11.3 Å². The first-order chi connectivity index (χ1) is 5.43. The highest BCUT2D eigenvalue weighted by Gasteiger charge is 1.88. The lowest BCUT2D eigenvalue weighted by molar-refractivity contribution is 1.29. The van der Waals surface area contributed by atoms with Crippen molar-refractivity contribution in [3.63, 3.8) is 0 Å². The highest BCUT2D eigenvalue weighted by Crippen LogP contribution is 2.16. The van der Waals surface area contributed by atoms with Crippen LogP contribution in [0.2, 0.25) is 0 Å². The summed E-state index contributed by atoms with van der Waals surface area (Å²) < 4.78 is 0. The van der Waals surface area contributed by atoms with Gasteiger partial charge >= 0.3 is 0 Å². The Balaban J connectivity index is 2.35. The van der Waals surface area contributed by atoms with E-state index in [1.54, 1.807) is 11.8 Å². The van der Waals surface area contributed by atoms with E-state index in [4.69, 9.17) is 6.42 Å². The molecule has 0 aliphatic carbocycles. The van der Waals surface area contributed by atoms with Crippen molar-refractivity contribution in [1.29, 1.82) is 0 Å². The van der Waals surface area contributed by atoms with Gasteiger partial charge in [-0.15, -0.1) is 24.1 Å². The van der Waals surface area contributed by atoms with Gasteiger partial charge in [0.25, 0.3) is 0 Å². The molecule has 1 heteroatoms. The Morgan fingerprint density at radius 3 is 2.64 bits per heavy atom. The number of hydrogen-bond acceptors (Lipinski definition) is 1. The van der Waals surface area contributed by atoms with Crippen LogP contribution in [-0.4, -0.2) is 5.75 Å². The van der Waals surface area contributed by atoms with Gasteiger partial charge in [0.15, 0.2) is 0 Å². The molecule has 56 valence electrons. The first kappa shape index (κ1) is 8.23. The maximum absolute atomic E-state index is 5.13. The van der Waals surface area contributed by atoms with E-state index in [2.05, 4.69) is 18.1 Å². The highest BCUT2D eigenvalue weighted by atomic mass is 32.2. The fourth-order valence-corrected chi connectivity index (χ4v) is 1.55. The molecule has 11 heavy (non-hydrogen) atoms. The van der Waals surface area contributed by atoms with Crippen molar-refractivity contribution >= 4 is 11.8 Å². The summed E-state index contributed by atoms with van der Waals surface area (Å²) in [6.07, 6.45) is 5.98. The van der Waals surface area contributed by atoms with Gasteiger partial charge < -0.3 is 0 Å². The van der Waals surface area contributed by atoms with E-state index in [1.165, 1.54) is 4.90 Å². The van der Waals surface area contributed by atoms with Crippen molar-refractivity contribution in [3.8, 4) is 12.3 Å². The molecule has 1 rings (SSSR count). The minimum absolute atomic E-state index is 0.847. The average Bonchev–Trinajstić information content (AvgIpc) is 2.07. The third-order valence-electron chi connectivity index (χ3n) is 1.26. The van der Waals surface area contributed by atoms with Crippen molar-refractivity contribution in [2.24, 2.45) is 0 Å². The van der Waals surface area contributed by atoms with Crippen LogP contribution in [0.1, 0.15) is 6.42 Å². The topological polar surface area (TPSA) is 0 Å². The normalized spacial score (nSPS) is 9.00. The predicted molar refractivity (Wildman–Crippen MR) is 50.6 cm³/mol. The molecule has 0 bridgehead atoms. The standard InChI is InChI=1S/C10H10S/c1-2-3-9-11-10-7-5-4-6-8-10/h1,4-8H,3,9H2. The van der Waals surface area contributed by atoms with Gasteiger partial charge in [0.2, 0.25) is 0 Å². The summed E-state index contributed by atoms with van der Waals surface area (Å²) in [6.45, 7) is 0. The van der Waals surface area contributed by atoms with Crippen LogP contribution in [0.3, 0.4) is 0 Å². The second-order valence-corrected chi connectivity index (χ2v) is 3.28. The highest BCUT2D eigenvalue weighted by molar-refractivity contribution is 7.99. The maximum atomic E-state index is 5.13. The molecule has 0 unspecified atom stereocenters. The van der Waals surface area contributed by atoms with Crippen LogP contribution < -0.4 is 0 Å². The Morgan fingerprint density at radius 2 is 2.00 bits per heavy atom. The second kappa shape index (κ2) is 4.87.